The fourth-order valence-electron chi connectivity index (χ4n) is 5.79. The molecule has 0 spiro atoms. The molecule has 2 N–H and O–H groups in total. The smallest absolute Gasteiger partial charge is 0.341 e. The minimum absolute atomic E-state index is 0.00315. The molecule has 5 rings (SSSR count). The summed E-state index contributed by atoms with van der Waals surface area (Å²) >= 11 is 0. The second-order valence-electron chi connectivity index (χ2n) is 10.3. The van der Waals surface area contributed by atoms with Crippen molar-refractivity contribution in [2.45, 2.75) is 32.2 Å². The molecule has 7 nitrogen and oxygen atoms in total. The number of aromatic nitrogens is 1. The number of pyridine rings is 1. The molecule has 1 aliphatic rings. The van der Waals surface area contributed by atoms with Gasteiger partial charge in [0.25, 0.3) is 0 Å². The lowest BCUT2D eigenvalue weighted by atomic mass is 10.0. The second-order valence-corrected chi connectivity index (χ2v) is 10.3. The van der Waals surface area contributed by atoms with Crippen LogP contribution in [0.25, 0.3) is 21.7 Å². The lowest BCUT2D eigenvalue weighted by Crippen LogP contribution is -2.24. The van der Waals surface area contributed by atoms with E-state index in [0.717, 1.165) is 48.6 Å². The number of fused-ring (bicyclic) bond motifs is 2. The minimum Gasteiger partial charge on any atom is -0.492 e. The Balaban J connectivity index is 1.60. The number of carbonyl (C=O) groups is 1. The van der Waals surface area contributed by atoms with Gasteiger partial charge in [0.2, 0.25) is 5.43 Å². The summed E-state index contributed by atoms with van der Waals surface area (Å²) in [5, 5.41) is 15.1. The number of nitrogens with zero attached hydrogens (tertiary/aromatic N) is 2. The summed E-state index contributed by atoms with van der Waals surface area (Å²) in [5.41, 5.74) is 0.526. The molecule has 3 aromatic carbocycles. The SMILES string of the molecule is CNCCCC[C@@H]1CCN(c2c(F)cc3c(=O)c(C(=O)O)cn(Cc4ccc5ccccc5c4)c3c2OC)C1. The van der Waals surface area contributed by atoms with E-state index in [1.54, 1.807) is 4.57 Å². The van der Waals surface area contributed by atoms with Crippen molar-refractivity contribution in [3.05, 3.63) is 81.9 Å². The summed E-state index contributed by atoms with van der Waals surface area (Å²) in [4.78, 5) is 27.2. The first-order valence-corrected chi connectivity index (χ1v) is 13.5. The zero-order chi connectivity index (χ0) is 27.5. The number of methoxy groups -OCH3 is 1. The summed E-state index contributed by atoms with van der Waals surface area (Å²) in [6.07, 6.45) is 5.60. The van der Waals surface area contributed by atoms with Crippen LogP contribution in [0.15, 0.2) is 59.5 Å². The van der Waals surface area contributed by atoms with Crippen LogP contribution < -0.4 is 20.4 Å². The number of aromatic carboxylic acids is 1. The van der Waals surface area contributed by atoms with Crippen molar-refractivity contribution in [1.29, 1.82) is 0 Å². The van der Waals surface area contributed by atoms with Crippen molar-refractivity contribution in [2.75, 3.05) is 38.7 Å². The highest BCUT2D eigenvalue weighted by Crippen LogP contribution is 2.41. The van der Waals surface area contributed by atoms with Gasteiger partial charge in [0.1, 0.15) is 11.3 Å². The average Bonchev–Trinajstić information content (AvgIpc) is 3.40. The predicted octanol–water partition coefficient (Wildman–Crippen LogP) is 5.26. The maximum Gasteiger partial charge on any atom is 0.341 e. The zero-order valence-electron chi connectivity index (χ0n) is 22.4. The van der Waals surface area contributed by atoms with E-state index >= 15 is 4.39 Å². The molecule has 1 saturated heterocycles. The van der Waals surface area contributed by atoms with Crippen LogP contribution in [0.2, 0.25) is 0 Å². The number of unbranched alkanes of at least 4 members (excludes halogenated alkanes) is 1. The molecule has 0 bridgehead atoms. The van der Waals surface area contributed by atoms with Crippen molar-refractivity contribution in [2.24, 2.45) is 5.92 Å². The van der Waals surface area contributed by atoms with Crippen LogP contribution in [-0.4, -0.2) is 49.4 Å². The molecule has 1 aromatic heterocycles. The number of anilines is 1. The molecule has 204 valence electrons. The fraction of sp³-hybridized carbons (Fsp3) is 0.355. The van der Waals surface area contributed by atoms with Crippen molar-refractivity contribution in [3.63, 3.8) is 0 Å². The Hall–Kier alpha value is -3.91. The molecule has 0 amide bonds. The zero-order valence-corrected chi connectivity index (χ0v) is 22.4. The first kappa shape index (κ1) is 26.7. The Morgan fingerprint density at radius 2 is 1.95 bits per heavy atom. The molecule has 4 aromatic rings. The molecular weight excluding hydrogens is 497 g/mol. The predicted molar refractivity (Wildman–Crippen MR) is 153 cm³/mol. The van der Waals surface area contributed by atoms with Crippen LogP contribution in [0.1, 0.15) is 41.6 Å². The number of hydrogen-bond acceptors (Lipinski definition) is 5. The molecule has 8 heteroatoms. The quantitative estimate of drug-likeness (QED) is 0.272. The maximum atomic E-state index is 15.7. The number of benzene rings is 3. The Bertz CT molecular complexity index is 1580. The van der Waals surface area contributed by atoms with Crippen LogP contribution in [0.5, 0.6) is 5.75 Å². The van der Waals surface area contributed by atoms with Crippen LogP contribution in [0.3, 0.4) is 0 Å². The van der Waals surface area contributed by atoms with Gasteiger partial charge >= 0.3 is 5.97 Å². The molecule has 0 saturated carbocycles. The highest BCUT2D eigenvalue weighted by Gasteiger charge is 2.30. The van der Waals surface area contributed by atoms with E-state index in [4.69, 9.17) is 4.74 Å². The third-order valence-electron chi connectivity index (χ3n) is 7.74. The van der Waals surface area contributed by atoms with Gasteiger partial charge in [-0.25, -0.2) is 9.18 Å². The summed E-state index contributed by atoms with van der Waals surface area (Å²) in [5.74, 6) is -1.21. The second kappa shape index (κ2) is 11.5. The topological polar surface area (TPSA) is 83.8 Å². The van der Waals surface area contributed by atoms with E-state index in [9.17, 15) is 14.7 Å². The number of hydrogen-bond donors (Lipinski definition) is 2. The standard InChI is InChI=1S/C31H34FN3O4/c1-33-13-6-5-7-20-12-14-34(17-20)28-26(32)16-24-27(30(28)39-2)35(19-25(29(24)36)31(37)38)18-21-10-11-22-8-3-4-9-23(22)15-21/h3-4,8-11,15-16,19-20,33H,5-7,12-14,17-18H2,1-2H3,(H,37,38)/t20-/m1/s1. The Kier molecular flexibility index (Phi) is 7.84. The van der Waals surface area contributed by atoms with Crippen LogP contribution in [0.4, 0.5) is 10.1 Å². The summed E-state index contributed by atoms with van der Waals surface area (Å²) in [6, 6.07) is 15.2. The highest BCUT2D eigenvalue weighted by atomic mass is 19.1. The van der Waals surface area contributed by atoms with E-state index in [1.807, 2.05) is 54.4 Å². The van der Waals surface area contributed by atoms with E-state index in [2.05, 4.69) is 5.32 Å². The molecular formula is C31H34FN3O4. The van der Waals surface area contributed by atoms with Crippen molar-refractivity contribution in [3.8, 4) is 5.75 Å². The van der Waals surface area contributed by atoms with Gasteiger partial charge in [-0.1, -0.05) is 42.8 Å². The molecule has 0 radical (unpaired) electrons. The third-order valence-corrected chi connectivity index (χ3v) is 7.74. The van der Waals surface area contributed by atoms with E-state index in [0.29, 0.717) is 30.2 Å². The van der Waals surface area contributed by atoms with Crippen LogP contribution in [-0.2, 0) is 6.54 Å². The molecule has 2 heterocycles. The first-order valence-electron chi connectivity index (χ1n) is 13.5. The molecule has 1 fully saturated rings. The summed E-state index contributed by atoms with van der Waals surface area (Å²) < 4.78 is 23.2. The highest BCUT2D eigenvalue weighted by molar-refractivity contribution is 5.97. The number of carboxylic acid groups (broad SMARTS) is 1. The van der Waals surface area contributed by atoms with Gasteiger partial charge in [0, 0.05) is 25.8 Å². The van der Waals surface area contributed by atoms with Crippen molar-refractivity contribution in [1.82, 2.24) is 9.88 Å². The van der Waals surface area contributed by atoms with Gasteiger partial charge in [-0.15, -0.1) is 0 Å². The fourth-order valence-corrected chi connectivity index (χ4v) is 5.79. The maximum absolute atomic E-state index is 15.7. The van der Waals surface area contributed by atoms with E-state index in [1.165, 1.54) is 19.4 Å². The Labute approximate surface area is 226 Å². The van der Waals surface area contributed by atoms with Gasteiger partial charge in [-0.2, -0.15) is 0 Å². The molecule has 0 unspecified atom stereocenters. The lowest BCUT2D eigenvalue weighted by molar-refractivity contribution is 0.0695. The number of ether oxygens (including phenoxy) is 1. The van der Waals surface area contributed by atoms with Crippen molar-refractivity contribution < 1.29 is 19.0 Å². The van der Waals surface area contributed by atoms with Gasteiger partial charge in [0.05, 0.1) is 18.0 Å². The van der Waals surface area contributed by atoms with Gasteiger partial charge < -0.3 is 24.6 Å². The summed E-state index contributed by atoms with van der Waals surface area (Å²) in [7, 11) is 3.42. The van der Waals surface area contributed by atoms with Gasteiger partial charge in [-0.3, -0.25) is 4.79 Å². The number of carboxylic acids is 1. The van der Waals surface area contributed by atoms with E-state index < -0.39 is 22.8 Å². The van der Waals surface area contributed by atoms with Crippen LogP contribution in [0, 0.1) is 11.7 Å². The van der Waals surface area contributed by atoms with Crippen molar-refractivity contribution >= 4 is 33.3 Å². The molecule has 0 aliphatic carbocycles. The van der Waals surface area contributed by atoms with Crippen LogP contribution >= 0.6 is 0 Å². The largest absolute Gasteiger partial charge is 0.492 e. The Morgan fingerprint density at radius 1 is 1.15 bits per heavy atom. The third kappa shape index (κ3) is 5.34. The van der Waals surface area contributed by atoms with Gasteiger partial charge in [0.15, 0.2) is 11.6 Å². The summed E-state index contributed by atoms with van der Waals surface area (Å²) in [6.45, 7) is 2.67. The average molecular weight is 532 g/mol. The van der Waals surface area contributed by atoms with E-state index in [-0.39, 0.29) is 17.7 Å². The number of nitrogens with one attached hydrogen (secondary N) is 1. The molecule has 1 aliphatic heterocycles. The van der Waals surface area contributed by atoms with Gasteiger partial charge in [-0.05, 0) is 67.2 Å². The normalized spacial score (nSPS) is 15.4. The molecule has 1 atom stereocenters. The molecule has 39 heavy (non-hydrogen) atoms. The minimum atomic E-state index is -1.35. The lowest BCUT2D eigenvalue weighted by Gasteiger charge is -2.25. The number of halogens is 1. The number of rotatable bonds is 10. The monoisotopic (exact) mass is 531 g/mol. The first-order chi connectivity index (χ1) is 18.9. The Morgan fingerprint density at radius 3 is 2.69 bits per heavy atom.